The van der Waals surface area contributed by atoms with Gasteiger partial charge in [0.2, 0.25) is 0 Å². The number of fused-ring (bicyclic) bond motifs is 3. The predicted molar refractivity (Wildman–Crippen MR) is 88.4 cm³/mol. The molecule has 5 heteroatoms. The number of carbonyl (C=O) groups excluding carboxylic acids is 2. The Balaban J connectivity index is 2.36. The van der Waals surface area contributed by atoms with Gasteiger partial charge in [0, 0.05) is 5.41 Å². The van der Waals surface area contributed by atoms with E-state index in [1.54, 1.807) is 18.2 Å². The molecule has 0 amide bonds. The van der Waals surface area contributed by atoms with Gasteiger partial charge in [-0.15, -0.1) is 0 Å². The summed E-state index contributed by atoms with van der Waals surface area (Å²) in [6, 6.07) is 4.97. The molecule has 0 heterocycles. The van der Waals surface area contributed by atoms with Crippen molar-refractivity contribution in [3.8, 4) is 5.75 Å². The second-order valence-corrected chi connectivity index (χ2v) is 6.98. The summed E-state index contributed by atoms with van der Waals surface area (Å²) >= 11 is 0. The maximum Gasteiger partial charge on any atom is 0.338 e. The summed E-state index contributed by atoms with van der Waals surface area (Å²) in [5.74, 6) is -0.662. The largest absolute Gasteiger partial charge is 0.508 e. The summed E-state index contributed by atoms with van der Waals surface area (Å²) < 4.78 is 10.1. The average molecular weight is 330 g/mol. The standard InChI is InChI=1S/C19H22O5/c1-18-8-5-9-19(2,17(22)24-4)15(18)14(16(21)23-3)12-7-6-11(20)10-13(12)18/h6-7,10,20H,5,8-9H2,1-4H3. The van der Waals surface area contributed by atoms with Crippen LogP contribution in [0.15, 0.2) is 23.8 Å². The first kappa shape index (κ1) is 16.6. The maximum atomic E-state index is 12.6. The molecule has 128 valence electrons. The highest BCUT2D eigenvalue weighted by Gasteiger charge is 2.56. The third-order valence-corrected chi connectivity index (χ3v) is 5.60. The van der Waals surface area contributed by atoms with Crippen molar-refractivity contribution in [1.82, 2.24) is 0 Å². The van der Waals surface area contributed by atoms with Gasteiger partial charge in [0.15, 0.2) is 0 Å². The first-order chi connectivity index (χ1) is 11.3. The Morgan fingerprint density at radius 1 is 1.12 bits per heavy atom. The Kier molecular flexibility index (Phi) is 3.70. The lowest BCUT2D eigenvalue weighted by Gasteiger charge is -2.44. The number of methoxy groups -OCH3 is 2. The number of aromatic hydroxyl groups is 1. The SMILES string of the molecule is COC(=O)C1=C2C(C)(C(=O)OC)CCCC2(C)c2cc(O)ccc21. The molecule has 1 fully saturated rings. The Bertz CT molecular complexity index is 763. The van der Waals surface area contributed by atoms with Gasteiger partial charge in [-0.25, -0.2) is 4.79 Å². The summed E-state index contributed by atoms with van der Waals surface area (Å²) in [5, 5.41) is 9.94. The average Bonchev–Trinajstić information content (AvgIpc) is 2.83. The van der Waals surface area contributed by atoms with E-state index in [0.717, 1.165) is 29.5 Å². The first-order valence-electron chi connectivity index (χ1n) is 8.05. The zero-order valence-electron chi connectivity index (χ0n) is 14.4. The fourth-order valence-electron chi connectivity index (χ4n) is 4.56. The molecule has 2 unspecified atom stereocenters. The molecular formula is C19H22O5. The molecule has 0 saturated heterocycles. The van der Waals surface area contributed by atoms with Crippen LogP contribution in [0.5, 0.6) is 5.75 Å². The van der Waals surface area contributed by atoms with Gasteiger partial charge in [-0.3, -0.25) is 4.79 Å². The molecular weight excluding hydrogens is 308 g/mol. The first-order valence-corrected chi connectivity index (χ1v) is 8.05. The molecule has 5 nitrogen and oxygen atoms in total. The van der Waals surface area contributed by atoms with Gasteiger partial charge in [0.05, 0.1) is 25.2 Å². The Labute approximate surface area is 141 Å². The summed E-state index contributed by atoms with van der Waals surface area (Å²) in [5.41, 5.74) is 1.39. The smallest absolute Gasteiger partial charge is 0.338 e. The fraction of sp³-hybridized carbons (Fsp3) is 0.474. The van der Waals surface area contributed by atoms with Crippen LogP contribution in [0.2, 0.25) is 0 Å². The zero-order valence-corrected chi connectivity index (χ0v) is 14.4. The predicted octanol–water partition coefficient (Wildman–Crippen LogP) is 2.95. The topological polar surface area (TPSA) is 72.8 Å². The number of hydrogen-bond donors (Lipinski definition) is 1. The van der Waals surface area contributed by atoms with E-state index in [1.165, 1.54) is 14.2 Å². The highest BCUT2D eigenvalue weighted by molar-refractivity contribution is 6.21. The van der Waals surface area contributed by atoms with Crippen molar-refractivity contribution < 1.29 is 24.2 Å². The second-order valence-electron chi connectivity index (χ2n) is 6.98. The Morgan fingerprint density at radius 2 is 1.83 bits per heavy atom. The van der Waals surface area contributed by atoms with E-state index >= 15 is 0 Å². The maximum absolute atomic E-state index is 12.6. The second kappa shape index (κ2) is 5.36. The molecule has 0 bridgehead atoms. The van der Waals surface area contributed by atoms with Crippen molar-refractivity contribution in [2.24, 2.45) is 5.41 Å². The molecule has 0 spiro atoms. The minimum absolute atomic E-state index is 0.144. The summed E-state index contributed by atoms with van der Waals surface area (Å²) in [4.78, 5) is 25.2. The Morgan fingerprint density at radius 3 is 2.46 bits per heavy atom. The molecule has 3 rings (SSSR count). The van der Waals surface area contributed by atoms with E-state index in [2.05, 4.69) is 0 Å². The van der Waals surface area contributed by atoms with Crippen molar-refractivity contribution in [3.63, 3.8) is 0 Å². The number of benzene rings is 1. The van der Waals surface area contributed by atoms with Crippen LogP contribution in [-0.2, 0) is 24.5 Å². The highest BCUT2D eigenvalue weighted by Crippen LogP contribution is 2.60. The molecule has 1 N–H and O–H groups in total. The van der Waals surface area contributed by atoms with Crippen LogP contribution in [0, 0.1) is 5.41 Å². The summed E-state index contributed by atoms with van der Waals surface area (Å²) in [7, 11) is 2.70. The molecule has 0 radical (unpaired) electrons. The van der Waals surface area contributed by atoms with Crippen LogP contribution < -0.4 is 0 Å². The molecule has 2 aliphatic rings. The van der Waals surface area contributed by atoms with Crippen LogP contribution in [0.4, 0.5) is 0 Å². The molecule has 24 heavy (non-hydrogen) atoms. The number of phenolic OH excluding ortho intramolecular Hbond substituents is 1. The van der Waals surface area contributed by atoms with E-state index in [0.29, 0.717) is 12.0 Å². The minimum Gasteiger partial charge on any atom is -0.508 e. The van der Waals surface area contributed by atoms with Crippen molar-refractivity contribution in [1.29, 1.82) is 0 Å². The molecule has 1 saturated carbocycles. The van der Waals surface area contributed by atoms with Crippen LogP contribution in [0.25, 0.3) is 5.57 Å². The quantitative estimate of drug-likeness (QED) is 0.844. The van der Waals surface area contributed by atoms with Gasteiger partial charge >= 0.3 is 11.9 Å². The van der Waals surface area contributed by atoms with Crippen molar-refractivity contribution >= 4 is 17.5 Å². The van der Waals surface area contributed by atoms with Gasteiger partial charge in [-0.05, 0) is 48.6 Å². The monoisotopic (exact) mass is 330 g/mol. The fourth-order valence-corrected chi connectivity index (χ4v) is 4.56. The van der Waals surface area contributed by atoms with Gasteiger partial charge in [0.25, 0.3) is 0 Å². The molecule has 1 aromatic carbocycles. The number of ether oxygens (including phenoxy) is 2. The van der Waals surface area contributed by atoms with Crippen LogP contribution in [0.1, 0.15) is 44.2 Å². The van der Waals surface area contributed by atoms with Crippen molar-refractivity contribution in [2.75, 3.05) is 14.2 Å². The Hall–Kier alpha value is -2.30. The van der Waals surface area contributed by atoms with Gasteiger partial charge in [-0.1, -0.05) is 19.4 Å². The molecule has 2 aliphatic carbocycles. The number of rotatable bonds is 2. The van der Waals surface area contributed by atoms with Gasteiger partial charge in [0.1, 0.15) is 5.75 Å². The lowest BCUT2D eigenvalue weighted by molar-refractivity contribution is -0.151. The lowest BCUT2D eigenvalue weighted by Crippen LogP contribution is -2.43. The van der Waals surface area contributed by atoms with E-state index in [-0.39, 0.29) is 11.7 Å². The third kappa shape index (κ3) is 2.00. The van der Waals surface area contributed by atoms with E-state index in [9.17, 15) is 14.7 Å². The molecule has 1 aromatic rings. The van der Waals surface area contributed by atoms with Crippen molar-refractivity contribution in [3.05, 3.63) is 34.9 Å². The van der Waals surface area contributed by atoms with E-state index in [1.807, 2.05) is 13.8 Å². The van der Waals surface area contributed by atoms with Gasteiger partial charge < -0.3 is 14.6 Å². The van der Waals surface area contributed by atoms with Crippen LogP contribution in [0.3, 0.4) is 0 Å². The molecule has 0 aromatic heterocycles. The normalized spacial score (nSPS) is 28.2. The zero-order chi connectivity index (χ0) is 17.7. The van der Waals surface area contributed by atoms with Gasteiger partial charge in [-0.2, -0.15) is 0 Å². The van der Waals surface area contributed by atoms with Crippen LogP contribution in [-0.4, -0.2) is 31.3 Å². The highest BCUT2D eigenvalue weighted by atomic mass is 16.5. The number of carbonyl (C=O) groups is 2. The summed E-state index contributed by atoms with van der Waals surface area (Å²) in [6.07, 6.45) is 2.24. The number of esters is 2. The third-order valence-electron chi connectivity index (χ3n) is 5.60. The van der Waals surface area contributed by atoms with Crippen molar-refractivity contribution in [2.45, 2.75) is 38.5 Å². The summed E-state index contributed by atoms with van der Waals surface area (Å²) in [6.45, 7) is 3.86. The molecule has 2 atom stereocenters. The lowest BCUT2D eigenvalue weighted by atomic mass is 9.59. The minimum atomic E-state index is -0.889. The van der Waals surface area contributed by atoms with E-state index < -0.39 is 16.8 Å². The number of phenols is 1. The number of hydrogen-bond acceptors (Lipinski definition) is 5. The van der Waals surface area contributed by atoms with Crippen LogP contribution >= 0.6 is 0 Å². The van der Waals surface area contributed by atoms with E-state index in [4.69, 9.17) is 9.47 Å². The molecule has 0 aliphatic heterocycles.